The van der Waals surface area contributed by atoms with Gasteiger partial charge in [0.15, 0.2) is 0 Å². The summed E-state index contributed by atoms with van der Waals surface area (Å²) >= 11 is 3.34. The van der Waals surface area contributed by atoms with Crippen molar-refractivity contribution in [3.8, 4) is 5.69 Å². The summed E-state index contributed by atoms with van der Waals surface area (Å²) in [5.41, 5.74) is 4.45. The topological polar surface area (TPSA) is 50.7 Å². The Kier molecular flexibility index (Phi) is 2.78. The second-order valence-electron chi connectivity index (χ2n) is 4.53. The minimum atomic E-state index is -0.142. The summed E-state index contributed by atoms with van der Waals surface area (Å²) < 4.78 is 2.44. The van der Waals surface area contributed by atoms with Gasteiger partial charge < -0.3 is 4.98 Å². The fourth-order valence-corrected chi connectivity index (χ4v) is 2.75. The first kappa shape index (κ1) is 12.2. The molecular weight excluding hydrogens is 306 g/mol. The maximum Gasteiger partial charge on any atom is 0.331 e. The van der Waals surface area contributed by atoms with Crippen molar-refractivity contribution in [3.05, 3.63) is 56.7 Å². The van der Waals surface area contributed by atoms with Crippen molar-refractivity contribution in [3.63, 3.8) is 0 Å². The van der Waals surface area contributed by atoms with Gasteiger partial charge in [0.2, 0.25) is 0 Å². The first-order valence-corrected chi connectivity index (χ1v) is 6.70. The normalized spacial score (nSPS) is 11.1. The Morgan fingerprint density at radius 1 is 1.26 bits per heavy atom. The monoisotopic (exact) mass is 317 g/mol. The number of aromatic amines is 1. The molecule has 0 fully saturated rings. The van der Waals surface area contributed by atoms with Crippen LogP contribution in [0.25, 0.3) is 16.7 Å². The van der Waals surface area contributed by atoms with Crippen LogP contribution in [-0.4, -0.2) is 14.5 Å². The van der Waals surface area contributed by atoms with Crippen molar-refractivity contribution in [2.24, 2.45) is 0 Å². The number of H-pyrrole nitrogens is 1. The molecule has 0 saturated heterocycles. The standard InChI is InChI=1S/C14H12BrN3O/c1-8-4-3-5-10-13(8)18(14(19)17-10)11-7-16-12(15)6-9(11)2/h3-7H,1-2H3,(H,17,19). The Labute approximate surface area is 118 Å². The molecule has 96 valence electrons. The molecular formula is C14H12BrN3O. The second-order valence-corrected chi connectivity index (χ2v) is 5.34. The summed E-state index contributed by atoms with van der Waals surface area (Å²) in [6.07, 6.45) is 1.71. The molecule has 0 aliphatic rings. The third-order valence-electron chi connectivity index (χ3n) is 3.20. The van der Waals surface area contributed by atoms with E-state index in [0.717, 1.165) is 32.5 Å². The number of para-hydroxylation sites is 1. The molecule has 19 heavy (non-hydrogen) atoms. The van der Waals surface area contributed by atoms with Crippen molar-refractivity contribution < 1.29 is 0 Å². The zero-order chi connectivity index (χ0) is 13.6. The van der Waals surface area contributed by atoms with Crippen molar-refractivity contribution in [2.75, 3.05) is 0 Å². The van der Waals surface area contributed by atoms with E-state index in [4.69, 9.17) is 0 Å². The number of benzene rings is 1. The van der Waals surface area contributed by atoms with Crippen molar-refractivity contribution in [2.45, 2.75) is 13.8 Å². The minimum Gasteiger partial charge on any atom is -0.305 e. The number of pyridine rings is 1. The molecule has 0 unspecified atom stereocenters. The maximum atomic E-state index is 12.2. The summed E-state index contributed by atoms with van der Waals surface area (Å²) in [7, 11) is 0. The van der Waals surface area contributed by atoms with Gasteiger partial charge >= 0.3 is 5.69 Å². The smallest absolute Gasteiger partial charge is 0.305 e. The van der Waals surface area contributed by atoms with E-state index in [2.05, 4.69) is 25.9 Å². The molecule has 0 bridgehead atoms. The molecule has 1 aromatic carbocycles. The number of aromatic nitrogens is 3. The Bertz CT molecular complexity index is 832. The van der Waals surface area contributed by atoms with E-state index in [0.29, 0.717) is 0 Å². The van der Waals surface area contributed by atoms with Crippen LogP contribution >= 0.6 is 15.9 Å². The minimum absolute atomic E-state index is 0.142. The van der Waals surface area contributed by atoms with Crippen LogP contribution in [0.1, 0.15) is 11.1 Å². The molecule has 4 nitrogen and oxygen atoms in total. The highest BCUT2D eigenvalue weighted by molar-refractivity contribution is 9.10. The average molecular weight is 318 g/mol. The molecule has 2 aromatic heterocycles. The van der Waals surface area contributed by atoms with Crippen LogP contribution in [0.2, 0.25) is 0 Å². The summed E-state index contributed by atoms with van der Waals surface area (Å²) in [5.74, 6) is 0. The highest BCUT2D eigenvalue weighted by atomic mass is 79.9. The number of hydrogen-bond acceptors (Lipinski definition) is 2. The highest BCUT2D eigenvalue weighted by Crippen LogP contribution is 2.22. The third-order valence-corrected chi connectivity index (χ3v) is 3.63. The molecule has 3 aromatic rings. The van der Waals surface area contributed by atoms with Crippen LogP contribution in [-0.2, 0) is 0 Å². The predicted molar refractivity (Wildman–Crippen MR) is 78.9 cm³/mol. The number of hydrogen-bond donors (Lipinski definition) is 1. The van der Waals surface area contributed by atoms with Crippen LogP contribution in [0.4, 0.5) is 0 Å². The molecule has 0 radical (unpaired) electrons. The molecule has 0 aliphatic carbocycles. The molecule has 2 heterocycles. The molecule has 1 N–H and O–H groups in total. The van der Waals surface area contributed by atoms with E-state index < -0.39 is 0 Å². The van der Waals surface area contributed by atoms with Gasteiger partial charge in [-0.25, -0.2) is 9.78 Å². The summed E-state index contributed by atoms with van der Waals surface area (Å²) in [6, 6.07) is 7.74. The van der Waals surface area contributed by atoms with Gasteiger partial charge in [-0.15, -0.1) is 0 Å². The predicted octanol–water partition coefficient (Wildman–Crippen LogP) is 3.09. The Hall–Kier alpha value is -1.88. The zero-order valence-corrected chi connectivity index (χ0v) is 12.2. The highest BCUT2D eigenvalue weighted by Gasteiger charge is 2.12. The van der Waals surface area contributed by atoms with Crippen molar-refractivity contribution >= 4 is 27.0 Å². The lowest BCUT2D eigenvalue weighted by Crippen LogP contribution is -2.16. The summed E-state index contributed by atoms with van der Waals surface area (Å²) in [6.45, 7) is 3.96. The number of imidazole rings is 1. The Balaban J connectivity index is 2.42. The van der Waals surface area contributed by atoms with Gasteiger partial charge in [0.05, 0.1) is 22.9 Å². The van der Waals surface area contributed by atoms with Crippen LogP contribution in [0.5, 0.6) is 0 Å². The Morgan fingerprint density at radius 2 is 2.05 bits per heavy atom. The fourth-order valence-electron chi connectivity index (χ4n) is 2.31. The SMILES string of the molecule is Cc1cc(Br)ncc1-n1c(=O)[nH]c2cccc(C)c21. The lowest BCUT2D eigenvalue weighted by atomic mass is 10.2. The number of fused-ring (bicyclic) bond motifs is 1. The van der Waals surface area contributed by atoms with Crippen LogP contribution < -0.4 is 5.69 Å². The number of halogens is 1. The lowest BCUT2D eigenvalue weighted by Gasteiger charge is -2.08. The van der Waals surface area contributed by atoms with Crippen LogP contribution in [0, 0.1) is 13.8 Å². The Morgan fingerprint density at radius 3 is 2.79 bits per heavy atom. The molecule has 3 rings (SSSR count). The number of nitrogens with one attached hydrogen (secondary N) is 1. The average Bonchev–Trinajstić information content (AvgIpc) is 2.67. The molecule has 5 heteroatoms. The molecule has 0 aliphatic heterocycles. The van der Waals surface area contributed by atoms with Gasteiger partial charge in [-0.2, -0.15) is 0 Å². The van der Waals surface area contributed by atoms with E-state index in [9.17, 15) is 4.79 Å². The first-order valence-electron chi connectivity index (χ1n) is 5.91. The number of nitrogens with zero attached hydrogens (tertiary/aromatic N) is 2. The van der Waals surface area contributed by atoms with Gasteiger partial charge in [0.1, 0.15) is 4.60 Å². The lowest BCUT2D eigenvalue weighted by molar-refractivity contribution is 0.983. The largest absolute Gasteiger partial charge is 0.331 e. The quantitative estimate of drug-likeness (QED) is 0.701. The van der Waals surface area contributed by atoms with E-state index in [-0.39, 0.29) is 5.69 Å². The van der Waals surface area contributed by atoms with Gasteiger partial charge in [0.25, 0.3) is 0 Å². The fraction of sp³-hybridized carbons (Fsp3) is 0.143. The van der Waals surface area contributed by atoms with E-state index in [1.54, 1.807) is 10.8 Å². The van der Waals surface area contributed by atoms with Crippen molar-refractivity contribution in [1.29, 1.82) is 0 Å². The molecule has 0 saturated carbocycles. The van der Waals surface area contributed by atoms with Crippen molar-refractivity contribution in [1.82, 2.24) is 14.5 Å². The summed E-state index contributed by atoms with van der Waals surface area (Å²) in [5, 5.41) is 0. The molecule has 0 spiro atoms. The van der Waals surface area contributed by atoms with Crippen LogP contribution in [0.3, 0.4) is 0 Å². The first-order chi connectivity index (χ1) is 9.08. The van der Waals surface area contributed by atoms with E-state index in [1.807, 2.05) is 38.1 Å². The van der Waals surface area contributed by atoms with Gasteiger partial charge in [-0.1, -0.05) is 12.1 Å². The third kappa shape index (κ3) is 1.90. The van der Waals surface area contributed by atoms with Crippen LogP contribution in [0.15, 0.2) is 39.9 Å². The van der Waals surface area contributed by atoms with Gasteiger partial charge in [-0.05, 0) is 53.0 Å². The zero-order valence-electron chi connectivity index (χ0n) is 10.6. The van der Waals surface area contributed by atoms with E-state index in [1.165, 1.54) is 0 Å². The van der Waals surface area contributed by atoms with Gasteiger partial charge in [0, 0.05) is 0 Å². The summed E-state index contributed by atoms with van der Waals surface area (Å²) in [4.78, 5) is 19.3. The molecule has 0 amide bonds. The van der Waals surface area contributed by atoms with Gasteiger partial charge in [-0.3, -0.25) is 4.57 Å². The molecule has 0 atom stereocenters. The number of rotatable bonds is 1. The second kappa shape index (κ2) is 4.35. The number of aryl methyl sites for hydroxylation is 2. The van der Waals surface area contributed by atoms with E-state index >= 15 is 0 Å². The maximum absolute atomic E-state index is 12.2.